The molecular weight excluding hydrogens is 224 g/mol. The first-order valence-electron chi connectivity index (χ1n) is 5.06. The van der Waals surface area contributed by atoms with Crippen LogP contribution in [0.15, 0.2) is 36.4 Å². The van der Waals surface area contributed by atoms with E-state index in [9.17, 15) is 8.78 Å². The zero-order chi connectivity index (χ0) is 12.4. The Morgan fingerprint density at radius 1 is 1.06 bits per heavy atom. The van der Waals surface area contributed by atoms with Gasteiger partial charge in [0.25, 0.3) is 0 Å². The Bertz CT molecular complexity index is 555. The van der Waals surface area contributed by atoms with Crippen molar-refractivity contribution in [3.05, 3.63) is 53.6 Å². The standard InChI is InChI=1S/C13H11F2NO/c1-8-7-9(16)5-6-11(8)17-12-4-2-3-10(14)13(12)15/h2-7H,16H2,1H3. The van der Waals surface area contributed by atoms with E-state index in [-0.39, 0.29) is 5.75 Å². The maximum absolute atomic E-state index is 13.4. The summed E-state index contributed by atoms with van der Waals surface area (Å²) < 4.78 is 31.7. The maximum atomic E-state index is 13.4. The van der Waals surface area contributed by atoms with E-state index < -0.39 is 11.6 Å². The number of aryl methyl sites for hydroxylation is 1. The summed E-state index contributed by atoms with van der Waals surface area (Å²) in [5, 5.41) is 0. The third-order valence-corrected chi connectivity index (χ3v) is 2.34. The lowest BCUT2D eigenvalue weighted by atomic mass is 10.2. The van der Waals surface area contributed by atoms with E-state index in [2.05, 4.69) is 0 Å². The van der Waals surface area contributed by atoms with E-state index >= 15 is 0 Å². The van der Waals surface area contributed by atoms with Crippen LogP contribution in [0.25, 0.3) is 0 Å². The third kappa shape index (κ3) is 2.36. The lowest BCUT2D eigenvalue weighted by Gasteiger charge is -2.10. The van der Waals surface area contributed by atoms with Crippen LogP contribution >= 0.6 is 0 Å². The minimum atomic E-state index is -0.997. The normalized spacial score (nSPS) is 10.3. The zero-order valence-corrected chi connectivity index (χ0v) is 9.21. The fourth-order valence-corrected chi connectivity index (χ4v) is 1.47. The van der Waals surface area contributed by atoms with Gasteiger partial charge in [0.2, 0.25) is 5.82 Å². The minimum Gasteiger partial charge on any atom is -0.454 e. The van der Waals surface area contributed by atoms with Crippen molar-refractivity contribution >= 4 is 5.69 Å². The SMILES string of the molecule is Cc1cc(N)ccc1Oc1cccc(F)c1F. The molecule has 88 valence electrons. The molecule has 2 N–H and O–H groups in total. The highest BCUT2D eigenvalue weighted by Gasteiger charge is 2.10. The Labute approximate surface area is 97.6 Å². The molecule has 0 bridgehead atoms. The molecular formula is C13H11F2NO. The highest BCUT2D eigenvalue weighted by molar-refractivity contribution is 5.48. The molecule has 17 heavy (non-hydrogen) atoms. The molecule has 0 aromatic heterocycles. The summed E-state index contributed by atoms with van der Waals surface area (Å²) in [6.45, 7) is 1.78. The van der Waals surface area contributed by atoms with E-state index in [4.69, 9.17) is 10.5 Å². The van der Waals surface area contributed by atoms with E-state index in [1.54, 1.807) is 25.1 Å². The molecule has 2 nitrogen and oxygen atoms in total. The number of ether oxygens (including phenoxy) is 1. The highest BCUT2D eigenvalue weighted by atomic mass is 19.2. The summed E-state index contributed by atoms with van der Waals surface area (Å²) in [5.74, 6) is -1.62. The summed E-state index contributed by atoms with van der Waals surface area (Å²) in [5.41, 5.74) is 6.94. The minimum absolute atomic E-state index is 0.141. The number of nitrogen functional groups attached to an aromatic ring is 1. The molecule has 2 aromatic rings. The van der Waals surface area contributed by atoms with Crippen LogP contribution in [-0.4, -0.2) is 0 Å². The van der Waals surface area contributed by atoms with Gasteiger partial charge < -0.3 is 10.5 Å². The predicted molar refractivity (Wildman–Crippen MR) is 62.0 cm³/mol. The van der Waals surface area contributed by atoms with Crippen LogP contribution in [0.5, 0.6) is 11.5 Å². The fourth-order valence-electron chi connectivity index (χ4n) is 1.47. The quantitative estimate of drug-likeness (QED) is 0.806. The van der Waals surface area contributed by atoms with Gasteiger partial charge >= 0.3 is 0 Å². The lowest BCUT2D eigenvalue weighted by molar-refractivity contribution is 0.414. The van der Waals surface area contributed by atoms with E-state index in [0.29, 0.717) is 11.4 Å². The summed E-state index contributed by atoms with van der Waals surface area (Å²) in [4.78, 5) is 0. The van der Waals surface area contributed by atoms with Crippen molar-refractivity contribution in [2.75, 3.05) is 5.73 Å². The van der Waals surface area contributed by atoms with Crippen LogP contribution in [-0.2, 0) is 0 Å². The number of benzene rings is 2. The molecule has 0 fully saturated rings. The van der Waals surface area contributed by atoms with Crippen LogP contribution in [0.4, 0.5) is 14.5 Å². The molecule has 0 atom stereocenters. The molecule has 4 heteroatoms. The molecule has 0 amide bonds. The average Bonchev–Trinajstić information content (AvgIpc) is 2.28. The summed E-state index contributed by atoms with van der Waals surface area (Å²) >= 11 is 0. The number of hydrogen-bond acceptors (Lipinski definition) is 2. The number of halogens is 2. The van der Waals surface area contributed by atoms with Crippen LogP contribution < -0.4 is 10.5 Å². The van der Waals surface area contributed by atoms with Gasteiger partial charge in [-0.05, 0) is 42.8 Å². The summed E-state index contributed by atoms with van der Waals surface area (Å²) in [7, 11) is 0. The maximum Gasteiger partial charge on any atom is 0.201 e. The second-order valence-corrected chi connectivity index (χ2v) is 3.68. The Morgan fingerprint density at radius 3 is 2.53 bits per heavy atom. The molecule has 2 aromatic carbocycles. The van der Waals surface area contributed by atoms with Crippen molar-refractivity contribution < 1.29 is 13.5 Å². The molecule has 0 saturated heterocycles. The van der Waals surface area contributed by atoms with E-state index in [1.165, 1.54) is 12.1 Å². The van der Waals surface area contributed by atoms with Gasteiger partial charge in [-0.1, -0.05) is 6.07 Å². The van der Waals surface area contributed by atoms with Crippen LogP contribution in [0, 0.1) is 18.6 Å². The Hall–Kier alpha value is -2.10. The lowest BCUT2D eigenvalue weighted by Crippen LogP contribution is -1.94. The van der Waals surface area contributed by atoms with Crippen molar-refractivity contribution in [2.45, 2.75) is 6.92 Å². The molecule has 0 spiro atoms. The fraction of sp³-hybridized carbons (Fsp3) is 0.0769. The molecule has 0 heterocycles. The molecule has 2 rings (SSSR count). The van der Waals surface area contributed by atoms with E-state index in [0.717, 1.165) is 11.6 Å². The number of rotatable bonds is 2. The van der Waals surface area contributed by atoms with Crippen molar-refractivity contribution in [3.63, 3.8) is 0 Å². The molecule has 0 saturated carbocycles. The monoisotopic (exact) mass is 235 g/mol. The zero-order valence-electron chi connectivity index (χ0n) is 9.21. The predicted octanol–water partition coefficient (Wildman–Crippen LogP) is 3.65. The third-order valence-electron chi connectivity index (χ3n) is 2.34. The number of nitrogens with two attached hydrogens (primary N) is 1. The first-order valence-corrected chi connectivity index (χ1v) is 5.06. The average molecular weight is 235 g/mol. The topological polar surface area (TPSA) is 35.2 Å². The van der Waals surface area contributed by atoms with Gasteiger partial charge in [0.05, 0.1) is 0 Å². The van der Waals surface area contributed by atoms with Crippen molar-refractivity contribution in [3.8, 4) is 11.5 Å². The smallest absolute Gasteiger partial charge is 0.201 e. The summed E-state index contributed by atoms with van der Waals surface area (Å²) in [6, 6.07) is 8.76. The van der Waals surface area contributed by atoms with Gasteiger partial charge in [0.1, 0.15) is 5.75 Å². The van der Waals surface area contributed by atoms with Gasteiger partial charge in [-0.15, -0.1) is 0 Å². The Balaban J connectivity index is 2.35. The Morgan fingerprint density at radius 2 is 1.82 bits per heavy atom. The first kappa shape index (κ1) is 11.4. The van der Waals surface area contributed by atoms with Gasteiger partial charge in [0.15, 0.2) is 11.6 Å². The second-order valence-electron chi connectivity index (χ2n) is 3.68. The largest absolute Gasteiger partial charge is 0.454 e. The number of hydrogen-bond donors (Lipinski definition) is 1. The Kier molecular flexibility index (Phi) is 2.95. The second kappa shape index (κ2) is 4.41. The first-order chi connectivity index (χ1) is 8.08. The van der Waals surface area contributed by atoms with Gasteiger partial charge in [-0.3, -0.25) is 0 Å². The van der Waals surface area contributed by atoms with Crippen LogP contribution in [0.1, 0.15) is 5.56 Å². The molecule has 0 aliphatic rings. The van der Waals surface area contributed by atoms with Crippen molar-refractivity contribution in [1.29, 1.82) is 0 Å². The summed E-state index contributed by atoms with van der Waals surface area (Å²) in [6.07, 6.45) is 0. The number of anilines is 1. The van der Waals surface area contributed by atoms with Crippen molar-refractivity contribution in [2.24, 2.45) is 0 Å². The van der Waals surface area contributed by atoms with Gasteiger partial charge in [-0.25, -0.2) is 4.39 Å². The highest BCUT2D eigenvalue weighted by Crippen LogP contribution is 2.29. The van der Waals surface area contributed by atoms with Crippen LogP contribution in [0.3, 0.4) is 0 Å². The van der Waals surface area contributed by atoms with Crippen molar-refractivity contribution in [1.82, 2.24) is 0 Å². The molecule has 0 radical (unpaired) electrons. The molecule has 0 aliphatic heterocycles. The van der Waals surface area contributed by atoms with E-state index in [1.807, 2.05) is 0 Å². The molecule has 0 aliphatic carbocycles. The van der Waals surface area contributed by atoms with Gasteiger partial charge in [0, 0.05) is 5.69 Å². The molecule has 0 unspecified atom stereocenters. The van der Waals surface area contributed by atoms with Crippen LogP contribution in [0.2, 0.25) is 0 Å². The van der Waals surface area contributed by atoms with Gasteiger partial charge in [-0.2, -0.15) is 4.39 Å².